The summed E-state index contributed by atoms with van der Waals surface area (Å²) < 4.78 is 0. The summed E-state index contributed by atoms with van der Waals surface area (Å²) in [5, 5.41) is 33.4. The number of nitrogens with zero attached hydrogens (tertiary/aromatic N) is 2. The van der Waals surface area contributed by atoms with Crippen molar-refractivity contribution >= 4 is 11.8 Å². The topological polar surface area (TPSA) is 118 Å². The Labute approximate surface area is 141 Å². The minimum atomic E-state index is -1.06. The monoisotopic (exact) mass is 338 g/mol. The van der Waals surface area contributed by atoms with E-state index < -0.39 is 11.6 Å². The van der Waals surface area contributed by atoms with Crippen LogP contribution < -0.4 is 15.5 Å². The Morgan fingerprint density at radius 2 is 2.21 bits per heavy atom. The second kappa shape index (κ2) is 8.27. The average Bonchev–Trinajstić information content (AvgIpc) is 2.60. The molecule has 5 N–H and O–H groups in total. The molecule has 1 saturated heterocycles. The van der Waals surface area contributed by atoms with Crippen LogP contribution in [0.15, 0.2) is 18.3 Å². The second-order valence-electron chi connectivity index (χ2n) is 6.45. The lowest BCUT2D eigenvalue weighted by molar-refractivity contribution is 0.109. The molecule has 1 aromatic heterocycles. The van der Waals surface area contributed by atoms with Gasteiger partial charge in [-0.1, -0.05) is 0 Å². The van der Waals surface area contributed by atoms with Crippen molar-refractivity contribution in [2.24, 2.45) is 0 Å². The zero-order valence-electron chi connectivity index (χ0n) is 13.9. The van der Waals surface area contributed by atoms with Crippen molar-refractivity contribution in [3.63, 3.8) is 0 Å². The predicted octanol–water partition coefficient (Wildman–Crippen LogP) is -0.415. The summed E-state index contributed by atoms with van der Waals surface area (Å²) in [7, 11) is 0. The van der Waals surface area contributed by atoms with Gasteiger partial charge in [0.05, 0.1) is 24.9 Å². The summed E-state index contributed by atoms with van der Waals surface area (Å²) in [6.07, 6.45) is 3.08. The molecule has 1 aliphatic rings. The molecule has 8 nitrogen and oxygen atoms in total. The number of aromatic nitrogens is 1. The second-order valence-corrected chi connectivity index (χ2v) is 6.45. The number of amides is 2. The van der Waals surface area contributed by atoms with Gasteiger partial charge in [0, 0.05) is 25.8 Å². The van der Waals surface area contributed by atoms with Gasteiger partial charge in [0.15, 0.2) is 0 Å². The number of rotatable bonds is 6. The molecule has 1 unspecified atom stereocenters. The number of hydrogen-bond donors (Lipinski definition) is 5. The number of hydrogen-bond acceptors (Lipinski definition) is 6. The van der Waals surface area contributed by atoms with Crippen LogP contribution in [0.5, 0.6) is 0 Å². The van der Waals surface area contributed by atoms with E-state index in [1.54, 1.807) is 19.2 Å². The minimum absolute atomic E-state index is 0.296. The van der Waals surface area contributed by atoms with Gasteiger partial charge in [0.25, 0.3) is 0 Å². The molecule has 8 heteroatoms. The maximum Gasteiger partial charge on any atom is 0.315 e. The molecule has 0 saturated carbocycles. The van der Waals surface area contributed by atoms with Gasteiger partial charge in [-0.15, -0.1) is 0 Å². The van der Waals surface area contributed by atoms with Gasteiger partial charge in [0.2, 0.25) is 0 Å². The molecule has 1 aliphatic heterocycles. The molecule has 1 aromatic rings. The predicted molar refractivity (Wildman–Crippen MR) is 89.6 cm³/mol. The third kappa shape index (κ3) is 5.05. The summed E-state index contributed by atoms with van der Waals surface area (Å²) in [5.74, 6) is 0.781. The smallest absolute Gasteiger partial charge is 0.315 e. The molecule has 1 fully saturated rings. The molecule has 0 aromatic carbocycles. The van der Waals surface area contributed by atoms with Crippen molar-refractivity contribution in [2.75, 3.05) is 31.2 Å². The summed E-state index contributed by atoms with van der Waals surface area (Å²) in [6, 6.07) is 3.23. The van der Waals surface area contributed by atoms with Crippen LogP contribution in [0.4, 0.5) is 10.6 Å². The maximum absolute atomic E-state index is 11.9. The van der Waals surface area contributed by atoms with Crippen molar-refractivity contribution < 1.29 is 20.1 Å². The molecule has 2 amide bonds. The quantitative estimate of drug-likeness (QED) is 0.481. The molecule has 1 atom stereocenters. The van der Waals surface area contributed by atoms with Crippen LogP contribution in [0.1, 0.15) is 25.3 Å². The summed E-state index contributed by atoms with van der Waals surface area (Å²) >= 11 is 0. The highest BCUT2D eigenvalue weighted by atomic mass is 16.3. The zero-order chi connectivity index (χ0) is 17.6. The number of carbonyl (C=O) groups is 1. The zero-order valence-corrected chi connectivity index (χ0v) is 13.9. The van der Waals surface area contributed by atoms with Gasteiger partial charge in [-0.05, 0) is 37.5 Å². The van der Waals surface area contributed by atoms with Crippen LogP contribution in [0.2, 0.25) is 0 Å². The Morgan fingerprint density at radius 1 is 1.46 bits per heavy atom. The number of anilines is 1. The van der Waals surface area contributed by atoms with Crippen LogP contribution in [0.25, 0.3) is 0 Å². The number of carbonyl (C=O) groups excluding carboxylic acids is 1. The third-order valence-corrected chi connectivity index (χ3v) is 4.10. The lowest BCUT2D eigenvalue weighted by Gasteiger charge is -2.31. The van der Waals surface area contributed by atoms with Crippen LogP contribution >= 0.6 is 0 Å². The molecular formula is C16H26N4O4. The molecule has 2 heterocycles. The van der Waals surface area contributed by atoms with Gasteiger partial charge < -0.3 is 30.9 Å². The van der Waals surface area contributed by atoms with E-state index in [0.29, 0.717) is 13.1 Å². The number of β-amino-alcohol motifs (C(OH)–C–C–N with tert-alkyl or cyclic N) is 1. The largest absolute Gasteiger partial charge is 0.394 e. The van der Waals surface area contributed by atoms with E-state index in [1.807, 2.05) is 11.0 Å². The van der Waals surface area contributed by atoms with E-state index >= 15 is 0 Å². The van der Waals surface area contributed by atoms with Crippen LogP contribution in [-0.4, -0.2) is 64.3 Å². The Morgan fingerprint density at radius 3 is 2.88 bits per heavy atom. The van der Waals surface area contributed by atoms with Crippen molar-refractivity contribution in [1.82, 2.24) is 15.6 Å². The first kappa shape index (κ1) is 18.4. The average molecular weight is 338 g/mol. The van der Waals surface area contributed by atoms with Gasteiger partial charge in [-0.25, -0.2) is 9.78 Å². The fraction of sp³-hybridized carbons (Fsp3) is 0.625. The van der Waals surface area contributed by atoms with Crippen molar-refractivity contribution in [1.29, 1.82) is 0 Å². The molecule has 2 rings (SSSR count). The van der Waals surface area contributed by atoms with Gasteiger partial charge in [-0.3, -0.25) is 0 Å². The van der Waals surface area contributed by atoms with E-state index in [0.717, 1.165) is 30.8 Å². The van der Waals surface area contributed by atoms with E-state index in [9.17, 15) is 20.1 Å². The van der Waals surface area contributed by atoms with Crippen LogP contribution in [0, 0.1) is 0 Å². The lowest BCUT2D eigenvalue weighted by atomic mass is 10.1. The lowest BCUT2D eigenvalue weighted by Crippen LogP contribution is -2.54. The molecule has 0 radical (unpaired) electrons. The first-order valence-corrected chi connectivity index (χ1v) is 8.11. The highest BCUT2D eigenvalue weighted by Gasteiger charge is 2.24. The molecule has 134 valence electrons. The van der Waals surface area contributed by atoms with Crippen molar-refractivity contribution in [3.8, 4) is 0 Å². The molecule has 0 aliphatic carbocycles. The van der Waals surface area contributed by atoms with Crippen LogP contribution in [0.3, 0.4) is 0 Å². The fourth-order valence-electron chi connectivity index (χ4n) is 2.54. The van der Waals surface area contributed by atoms with Gasteiger partial charge in [-0.2, -0.15) is 0 Å². The van der Waals surface area contributed by atoms with Crippen molar-refractivity contribution in [3.05, 3.63) is 23.9 Å². The third-order valence-electron chi connectivity index (χ3n) is 4.10. The molecule has 24 heavy (non-hydrogen) atoms. The highest BCUT2D eigenvalue weighted by molar-refractivity contribution is 5.74. The van der Waals surface area contributed by atoms with E-state index in [2.05, 4.69) is 15.6 Å². The van der Waals surface area contributed by atoms with Crippen molar-refractivity contribution in [2.45, 2.75) is 38.0 Å². The Bertz CT molecular complexity index is 551. The number of piperidine rings is 1. The number of aliphatic hydroxyl groups excluding tert-OH is 3. The maximum atomic E-state index is 11.9. The fourth-order valence-corrected chi connectivity index (χ4v) is 2.54. The Kier molecular flexibility index (Phi) is 6.36. The van der Waals surface area contributed by atoms with Crippen LogP contribution in [-0.2, 0) is 6.54 Å². The first-order valence-electron chi connectivity index (χ1n) is 8.11. The normalized spacial score (nSPS) is 18.3. The SMILES string of the molecule is CC(CO)(CO)NC(=O)NCc1ccnc(N2CCCC(O)C2)c1. The molecule has 0 bridgehead atoms. The van der Waals surface area contributed by atoms with Gasteiger partial charge in [0.1, 0.15) is 5.82 Å². The van der Waals surface area contributed by atoms with E-state index in [4.69, 9.17) is 0 Å². The van der Waals surface area contributed by atoms with E-state index in [1.165, 1.54) is 0 Å². The molecule has 0 spiro atoms. The number of pyridine rings is 1. The summed E-state index contributed by atoms with van der Waals surface area (Å²) in [4.78, 5) is 18.2. The number of urea groups is 1. The Balaban J connectivity index is 1.91. The Hall–Kier alpha value is -1.90. The minimum Gasteiger partial charge on any atom is -0.394 e. The molecular weight excluding hydrogens is 312 g/mol. The summed E-state index contributed by atoms with van der Waals surface area (Å²) in [5.41, 5.74) is -0.179. The first-order chi connectivity index (χ1) is 11.5. The summed E-state index contributed by atoms with van der Waals surface area (Å²) in [6.45, 7) is 2.56. The standard InChI is InChI=1S/C16H26N4O4/c1-16(10-21,11-22)19-15(24)18-8-12-4-5-17-14(7-12)20-6-2-3-13(23)9-20/h4-5,7,13,21-23H,2-3,6,8-11H2,1H3,(H2,18,19,24). The highest BCUT2D eigenvalue weighted by Crippen LogP contribution is 2.18. The number of nitrogens with one attached hydrogen (secondary N) is 2. The number of aliphatic hydroxyl groups is 3. The van der Waals surface area contributed by atoms with Gasteiger partial charge >= 0.3 is 6.03 Å². The van der Waals surface area contributed by atoms with E-state index in [-0.39, 0.29) is 19.3 Å².